The Morgan fingerprint density at radius 3 is 2.82 bits per heavy atom. The van der Waals surface area contributed by atoms with E-state index in [1.165, 1.54) is 23.6 Å². The van der Waals surface area contributed by atoms with Crippen LogP contribution < -0.4 is 5.73 Å². The van der Waals surface area contributed by atoms with E-state index in [-0.39, 0.29) is 16.5 Å². The van der Waals surface area contributed by atoms with Crippen molar-refractivity contribution in [3.8, 4) is 0 Å². The second kappa shape index (κ2) is 4.75. The molecule has 0 bridgehead atoms. The minimum atomic E-state index is -3.48. The Morgan fingerprint density at radius 2 is 2.24 bits per heavy atom. The molecule has 2 heterocycles. The molecule has 0 saturated heterocycles. The maximum absolute atomic E-state index is 12.1. The first kappa shape index (κ1) is 12.5. The summed E-state index contributed by atoms with van der Waals surface area (Å²) >= 11 is 4.67. The highest BCUT2D eigenvalue weighted by atomic mass is 79.9. The summed E-state index contributed by atoms with van der Waals surface area (Å²) in [6, 6.07) is 4.92. The van der Waals surface area contributed by atoms with Crippen molar-refractivity contribution in [3.63, 3.8) is 0 Å². The summed E-state index contributed by atoms with van der Waals surface area (Å²) in [5.41, 5.74) is 5.80. The Hall–Kier alpha value is -0.920. The molecule has 0 saturated carbocycles. The highest BCUT2D eigenvalue weighted by molar-refractivity contribution is 9.10. The molecule has 0 radical (unpaired) electrons. The lowest BCUT2D eigenvalue weighted by Crippen LogP contribution is -2.09. The van der Waals surface area contributed by atoms with Crippen molar-refractivity contribution in [2.24, 2.45) is 0 Å². The molecule has 17 heavy (non-hydrogen) atoms. The molecule has 4 nitrogen and oxygen atoms in total. The van der Waals surface area contributed by atoms with Crippen molar-refractivity contribution in [2.75, 3.05) is 5.73 Å². The zero-order valence-electron chi connectivity index (χ0n) is 8.63. The van der Waals surface area contributed by atoms with Crippen LogP contribution in [0.1, 0.15) is 4.88 Å². The first-order valence-corrected chi connectivity index (χ1v) is 7.98. The summed E-state index contributed by atoms with van der Waals surface area (Å²) in [7, 11) is -3.48. The maximum atomic E-state index is 12.1. The average molecular weight is 333 g/mol. The van der Waals surface area contributed by atoms with Crippen LogP contribution in [-0.2, 0) is 15.6 Å². The highest BCUT2D eigenvalue weighted by Gasteiger charge is 2.20. The molecule has 0 atom stereocenters. The first-order chi connectivity index (χ1) is 7.99. The van der Waals surface area contributed by atoms with Crippen LogP contribution in [0.25, 0.3) is 0 Å². The Bertz CT molecular complexity index is 637. The lowest BCUT2D eigenvalue weighted by Gasteiger charge is -2.04. The predicted octanol–water partition coefficient (Wildman–Crippen LogP) is 2.46. The largest absolute Gasteiger partial charge is 0.396 e. The summed E-state index contributed by atoms with van der Waals surface area (Å²) < 4.78 is 25.0. The van der Waals surface area contributed by atoms with E-state index in [2.05, 4.69) is 20.9 Å². The van der Waals surface area contributed by atoms with E-state index < -0.39 is 9.84 Å². The minimum Gasteiger partial charge on any atom is -0.396 e. The third kappa shape index (κ3) is 2.85. The van der Waals surface area contributed by atoms with E-state index in [0.29, 0.717) is 0 Å². The molecule has 0 spiro atoms. The predicted molar refractivity (Wildman–Crippen MR) is 71.6 cm³/mol. The Balaban J connectivity index is 2.35. The van der Waals surface area contributed by atoms with Crippen molar-refractivity contribution < 1.29 is 8.42 Å². The lowest BCUT2D eigenvalue weighted by atomic mass is 10.4. The molecule has 0 unspecified atom stereocenters. The minimum absolute atomic E-state index is 0.0514. The second-order valence-corrected chi connectivity index (χ2v) is 7.20. The summed E-state index contributed by atoms with van der Waals surface area (Å²) in [5, 5.41) is 1.79. The highest BCUT2D eigenvalue weighted by Crippen LogP contribution is 2.25. The van der Waals surface area contributed by atoms with Gasteiger partial charge in [0.2, 0.25) is 9.84 Å². The first-order valence-electron chi connectivity index (χ1n) is 4.65. The quantitative estimate of drug-likeness (QED) is 0.936. The number of nitrogens with two attached hydrogens (primary N) is 1. The molecule has 7 heteroatoms. The third-order valence-corrected chi connectivity index (χ3v) is 5.55. The van der Waals surface area contributed by atoms with Gasteiger partial charge in [-0.15, -0.1) is 11.3 Å². The zero-order chi connectivity index (χ0) is 12.5. The van der Waals surface area contributed by atoms with Crippen molar-refractivity contribution >= 4 is 42.8 Å². The summed E-state index contributed by atoms with van der Waals surface area (Å²) in [5.74, 6) is -0.0789. The number of rotatable bonds is 3. The fourth-order valence-corrected chi connectivity index (χ4v) is 4.56. The fourth-order valence-electron chi connectivity index (χ4n) is 1.35. The molecular weight excluding hydrogens is 324 g/mol. The molecule has 0 fully saturated rings. The third-order valence-electron chi connectivity index (χ3n) is 2.05. The van der Waals surface area contributed by atoms with E-state index in [1.807, 2.05) is 5.38 Å². The van der Waals surface area contributed by atoms with Gasteiger partial charge in [-0.3, -0.25) is 0 Å². The normalized spacial score (nSPS) is 11.6. The van der Waals surface area contributed by atoms with Crippen molar-refractivity contribution in [3.05, 3.63) is 39.1 Å². The number of nitrogen functional groups attached to an aromatic ring is 1. The zero-order valence-corrected chi connectivity index (χ0v) is 11.8. The molecule has 0 aliphatic rings. The number of nitrogens with zero attached hydrogens (tertiary/aromatic N) is 1. The van der Waals surface area contributed by atoms with Gasteiger partial charge in [-0.25, -0.2) is 13.4 Å². The maximum Gasteiger partial charge on any atom is 0.202 e. The number of aromatic nitrogens is 1. The molecule has 90 valence electrons. The number of halogens is 1. The van der Waals surface area contributed by atoms with E-state index >= 15 is 0 Å². The number of hydrogen-bond acceptors (Lipinski definition) is 5. The monoisotopic (exact) mass is 332 g/mol. The van der Waals surface area contributed by atoms with Gasteiger partial charge in [0.1, 0.15) is 0 Å². The van der Waals surface area contributed by atoms with Gasteiger partial charge in [-0.1, -0.05) is 0 Å². The number of pyridine rings is 1. The number of hydrogen-bond donors (Lipinski definition) is 1. The van der Waals surface area contributed by atoms with Crippen LogP contribution in [0.2, 0.25) is 0 Å². The van der Waals surface area contributed by atoms with E-state index in [9.17, 15) is 8.42 Å². The smallest absolute Gasteiger partial charge is 0.202 e. The summed E-state index contributed by atoms with van der Waals surface area (Å²) in [6.45, 7) is 0. The molecular formula is C10H9BrN2O2S2. The Labute approximate surface area is 112 Å². The molecule has 0 aromatic carbocycles. The van der Waals surface area contributed by atoms with E-state index in [0.717, 1.165) is 9.35 Å². The summed E-state index contributed by atoms with van der Waals surface area (Å²) in [4.78, 5) is 4.58. The van der Waals surface area contributed by atoms with Crippen LogP contribution in [0.15, 0.2) is 39.3 Å². The number of anilines is 1. The Morgan fingerprint density at radius 1 is 1.47 bits per heavy atom. The molecule has 2 aromatic rings. The average Bonchev–Trinajstić information content (AvgIpc) is 2.63. The Kier molecular flexibility index (Phi) is 3.50. The molecule has 2 rings (SSSR count). The van der Waals surface area contributed by atoms with Crippen LogP contribution in [0.5, 0.6) is 0 Å². The lowest BCUT2D eigenvalue weighted by molar-refractivity contribution is 0.592. The van der Waals surface area contributed by atoms with Gasteiger partial charge >= 0.3 is 0 Å². The van der Waals surface area contributed by atoms with E-state index in [4.69, 9.17) is 5.73 Å². The van der Waals surface area contributed by atoms with Crippen LogP contribution in [0, 0.1) is 0 Å². The van der Waals surface area contributed by atoms with Crippen molar-refractivity contribution in [1.29, 1.82) is 0 Å². The SMILES string of the molecule is Nc1cccnc1S(=O)(=O)Cc1cc(Br)cs1. The van der Waals surface area contributed by atoms with Gasteiger partial charge in [-0.05, 0) is 34.1 Å². The standard InChI is InChI=1S/C10H9BrN2O2S2/c11-7-4-8(16-5-7)6-17(14,15)10-9(12)2-1-3-13-10/h1-5H,6,12H2. The van der Waals surface area contributed by atoms with Crippen LogP contribution in [-0.4, -0.2) is 13.4 Å². The van der Waals surface area contributed by atoms with Crippen LogP contribution >= 0.6 is 27.3 Å². The molecule has 2 N–H and O–H groups in total. The molecule has 0 aliphatic heterocycles. The van der Waals surface area contributed by atoms with Gasteiger partial charge in [0, 0.05) is 20.9 Å². The fraction of sp³-hybridized carbons (Fsp3) is 0.100. The van der Waals surface area contributed by atoms with Gasteiger partial charge in [0.05, 0.1) is 11.4 Å². The number of sulfone groups is 1. The van der Waals surface area contributed by atoms with Crippen LogP contribution in [0.4, 0.5) is 5.69 Å². The van der Waals surface area contributed by atoms with Gasteiger partial charge in [0.25, 0.3) is 0 Å². The molecule has 0 amide bonds. The van der Waals surface area contributed by atoms with Gasteiger partial charge in [0.15, 0.2) is 5.03 Å². The number of thiophene rings is 1. The van der Waals surface area contributed by atoms with Gasteiger partial charge < -0.3 is 5.73 Å². The topological polar surface area (TPSA) is 73.0 Å². The van der Waals surface area contributed by atoms with Crippen LogP contribution in [0.3, 0.4) is 0 Å². The van der Waals surface area contributed by atoms with Crippen molar-refractivity contribution in [2.45, 2.75) is 10.8 Å². The molecule has 0 aliphatic carbocycles. The molecule has 2 aromatic heterocycles. The van der Waals surface area contributed by atoms with Gasteiger partial charge in [-0.2, -0.15) is 0 Å². The van der Waals surface area contributed by atoms with Crippen molar-refractivity contribution in [1.82, 2.24) is 4.98 Å². The van der Waals surface area contributed by atoms with E-state index in [1.54, 1.807) is 12.1 Å². The summed E-state index contributed by atoms with van der Waals surface area (Å²) in [6.07, 6.45) is 1.42. The second-order valence-electron chi connectivity index (χ2n) is 3.39.